The van der Waals surface area contributed by atoms with Crippen LogP contribution in [0.15, 0.2) is 42.6 Å². The van der Waals surface area contributed by atoms with E-state index in [1.54, 1.807) is 29.8 Å². The Balaban J connectivity index is 1.64. The van der Waals surface area contributed by atoms with E-state index in [9.17, 15) is 9.18 Å². The third-order valence-electron chi connectivity index (χ3n) is 3.98. The Morgan fingerprint density at radius 1 is 1.26 bits per heavy atom. The molecule has 0 aliphatic carbocycles. The first kappa shape index (κ1) is 18.5. The standard InChI is InChI=1S/C19H20FN5O2/c1-3-27-18-8-7-17(23-24-18)25-13(2)16(12-22-25)19(26)21-10-9-14-5-4-6-15(20)11-14/h4-8,11-12H,3,9-10H2,1-2H3,(H,21,26). The van der Waals surface area contributed by atoms with Crippen molar-refractivity contribution in [2.45, 2.75) is 20.3 Å². The molecule has 0 spiro atoms. The smallest absolute Gasteiger partial charge is 0.254 e. The van der Waals surface area contributed by atoms with E-state index in [1.807, 2.05) is 13.0 Å². The van der Waals surface area contributed by atoms with Crippen molar-refractivity contribution in [2.75, 3.05) is 13.2 Å². The number of rotatable bonds is 7. The molecule has 140 valence electrons. The zero-order valence-electron chi connectivity index (χ0n) is 15.1. The lowest BCUT2D eigenvalue weighted by Crippen LogP contribution is -2.26. The molecule has 0 unspecified atom stereocenters. The highest BCUT2D eigenvalue weighted by atomic mass is 19.1. The first-order valence-corrected chi connectivity index (χ1v) is 8.62. The van der Waals surface area contributed by atoms with Crippen molar-refractivity contribution in [3.8, 4) is 11.7 Å². The molecule has 0 aliphatic rings. The fraction of sp³-hybridized carbons (Fsp3) is 0.263. The van der Waals surface area contributed by atoms with Gasteiger partial charge in [-0.15, -0.1) is 10.2 Å². The maximum atomic E-state index is 13.2. The van der Waals surface area contributed by atoms with Gasteiger partial charge < -0.3 is 10.1 Å². The molecule has 27 heavy (non-hydrogen) atoms. The molecule has 3 aromatic rings. The second-order valence-corrected chi connectivity index (χ2v) is 5.85. The molecule has 0 fully saturated rings. The maximum Gasteiger partial charge on any atom is 0.254 e. The van der Waals surface area contributed by atoms with Gasteiger partial charge in [0.1, 0.15) is 5.82 Å². The Bertz CT molecular complexity index is 924. The topological polar surface area (TPSA) is 81.9 Å². The fourth-order valence-corrected chi connectivity index (χ4v) is 2.62. The number of hydrogen-bond donors (Lipinski definition) is 1. The lowest BCUT2D eigenvalue weighted by Gasteiger charge is -2.07. The van der Waals surface area contributed by atoms with Crippen LogP contribution in [0.4, 0.5) is 4.39 Å². The van der Waals surface area contributed by atoms with Crippen LogP contribution in [-0.2, 0) is 6.42 Å². The van der Waals surface area contributed by atoms with E-state index >= 15 is 0 Å². The van der Waals surface area contributed by atoms with Crippen LogP contribution >= 0.6 is 0 Å². The monoisotopic (exact) mass is 369 g/mol. The summed E-state index contributed by atoms with van der Waals surface area (Å²) < 4.78 is 20.0. The Morgan fingerprint density at radius 3 is 2.81 bits per heavy atom. The number of benzene rings is 1. The average Bonchev–Trinajstić information content (AvgIpc) is 3.04. The SMILES string of the molecule is CCOc1ccc(-n2ncc(C(=O)NCCc3cccc(F)c3)c2C)nn1. The van der Waals surface area contributed by atoms with E-state index in [1.165, 1.54) is 18.3 Å². The molecular weight excluding hydrogens is 349 g/mol. The van der Waals surface area contributed by atoms with E-state index in [0.717, 1.165) is 5.56 Å². The number of halogens is 1. The van der Waals surface area contributed by atoms with Crippen LogP contribution in [0.1, 0.15) is 28.5 Å². The highest BCUT2D eigenvalue weighted by Gasteiger charge is 2.15. The molecule has 0 saturated carbocycles. The van der Waals surface area contributed by atoms with Crippen molar-refractivity contribution in [3.63, 3.8) is 0 Å². The highest BCUT2D eigenvalue weighted by molar-refractivity contribution is 5.95. The van der Waals surface area contributed by atoms with Crippen molar-refractivity contribution in [1.29, 1.82) is 0 Å². The Labute approximate surface area is 156 Å². The van der Waals surface area contributed by atoms with Crippen LogP contribution in [0.25, 0.3) is 5.82 Å². The molecule has 8 heteroatoms. The van der Waals surface area contributed by atoms with Gasteiger partial charge in [-0.1, -0.05) is 12.1 Å². The number of carbonyl (C=O) groups excluding carboxylic acids is 1. The summed E-state index contributed by atoms with van der Waals surface area (Å²) in [6.07, 6.45) is 2.03. The van der Waals surface area contributed by atoms with E-state index in [4.69, 9.17) is 4.74 Å². The van der Waals surface area contributed by atoms with Crippen molar-refractivity contribution in [2.24, 2.45) is 0 Å². The van der Waals surface area contributed by atoms with Gasteiger partial charge in [0.05, 0.1) is 24.1 Å². The number of nitrogens with zero attached hydrogens (tertiary/aromatic N) is 4. The van der Waals surface area contributed by atoms with Gasteiger partial charge in [0, 0.05) is 12.6 Å². The number of aromatic nitrogens is 4. The lowest BCUT2D eigenvalue weighted by atomic mass is 10.1. The molecular formula is C19H20FN5O2. The van der Waals surface area contributed by atoms with Gasteiger partial charge >= 0.3 is 0 Å². The normalized spacial score (nSPS) is 10.6. The van der Waals surface area contributed by atoms with Crippen molar-refractivity contribution < 1.29 is 13.9 Å². The number of hydrogen-bond acceptors (Lipinski definition) is 5. The van der Waals surface area contributed by atoms with Gasteiger partial charge in [0.25, 0.3) is 5.91 Å². The molecule has 3 rings (SSSR count). The van der Waals surface area contributed by atoms with Gasteiger partial charge in [0.15, 0.2) is 5.82 Å². The van der Waals surface area contributed by atoms with Gasteiger partial charge in [-0.3, -0.25) is 4.79 Å². The van der Waals surface area contributed by atoms with Crippen LogP contribution in [0.2, 0.25) is 0 Å². The molecule has 2 heterocycles. The minimum atomic E-state index is -0.285. The van der Waals surface area contributed by atoms with E-state index < -0.39 is 0 Å². The minimum absolute atomic E-state index is 0.242. The summed E-state index contributed by atoms with van der Waals surface area (Å²) in [5, 5.41) is 15.1. The number of nitrogens with one attached hydrogen (secondary N) is 1. The predicted octanol–water partition coefficient (Wildman–Crippen LogP) is 2.48. The van der Waals surface area contributed by atoms with Gasteiger partial charge in [-0.25, -0.2) is 9.07 Å². The molecule has 0 saturated heterocycles. The second kappa shape index (κ2) is 8.39. The molecule has 0 aliphatic heterocycles. The Morgan fingerprint density at radius 2 is 2.11 bits per heavy atom. The zero-order chi connectivity index (χ0) is 19.2. The van der Waals surface area contributed by atoms with Crippen LogP contribution in [0, 0.1) is 12.7 Å². The summed E-state index contributed by atoms with van der Waals surface area (Å²) in [6.45, 7) is 4.56. The maximum absolute atomic E-state index is 13.2. The van der Waals surface area contributed by atoms with E-state index in [-0.39, 0.29) is 11.7 Å². The van der Waals surface area contributed by atoms with Crippen molar-refractivity contribution >= 4 is 5.91 Å². The number of ether oxygens (including phenoxy) is 1. The lowest BCUT2D eigenvalue weighted by molar-refractivity contribution is 0.0953. The van der Waals surface area contributed by atoms with E-state index in [2.05, 4.69) is 20.6 Å². The van der Waals surface area contributed by atoms with Crippen LogP contribution in [0.3, 0.4) is 0 Å². The molecule has 0 atom stereocenters. The molecule has 1 amide bonds. The van der Waals surface area contributed by atoms with Crippen LogP contribution in [-0.4, -0.2) is 39.0 Å². The van der Waals surface area contributed by atoms with Gasteiger partial charge in [0.2, 0.25) is 5.88 Å². The van der Waals surface area contributed by atoms with Crippen molar-refractivity contribution in [3.05, 3.63) is 65.2 Å². The van der Waals surface area contributed by atoms with Gasteiger partial charge in [-0.2, -0.15) is 5.10 Å². The zero-order valence-corrected chi connectivity index (χ0v) is 15.1. The Hall–Kier alpha value is -3.29. The van der Waals surface area contributed by atoms with Crippen LogP contribution in [0.5, 0.6) is 5.88 Å². The van der Waals surface area contributed by atoms with Crippen LogP contribution < -0.4 is 10.1 Å². The summed E-state index contributed by atoms with van der Waals surface area (Å²) in [4.78, 5) is 12.4. The fourth-order valence-electron chi connectivity index (χ4n) is 2.62. The molecule has 1 N–H and O–H groups in total. The molecule has 2 aromatic heterocycles. The third kappa shape index (κ3) is 4.46. The molecule has 0 radical (unpaired) electrons. The molecule has 7 nitrogen and oxygen atoms in total. The number of amides is 1. The quantitative estimate of drug-likeness (QED) is 0.692. The van der Waals surface area contributed by atoms with Crippen molar-refractivity contribution in [1.82, 2.24) is 25.3 Å². The van der Waals surface area contributed by atoms with E-state index in [0.29, 0.717) is 42.5 Å². The second-order valence-electron chi connectivity index (χ2n) is 5.85. The summed E-state index contributed by atoms with van der Waals surface area (Å²) in [6, 6.07) is 9.75. The Kier molecular flexibility index (Phi) is 5.75. The largest absolute Gasteiger partial charge is 0.477 e. The van der Waals surface area contributed by atoms with Gasteiger partial charge in [-0.05, 0) is 44.0 Å². The summed E-state index contributed by atoms with van der Waals surface area (Å²) in [5.41, 5.74) is 1.93. The summed E-state index contributed by atoms with van der Waals surface area (Å²) in [5.74, 6) is 0.401. The molecule has 1 aromatic carbocycles. The summed E-state index contributed by atoms with van der Waals surface area (Å²) in [7, 11) is 0. The predicted molar refractivity (Wildman–Crippen MR) is 97.5 cm³/mol. The number of carbonyl (C=O) groups is 1. The first-order chi connectivity index (χ1) is 13.1. The highest BCUT2D eigenvalue weighted by Crippen LogP contribution is 2.14. The third-order valence-corrected chi connectivity index (χ3v) is 3.98. The molecule has 0 bridgehead atoms. The first-order valence-electron chi connectivity index (χ1n) is 8.62. The average molecular weight is 369 g/mol. The minimum Gasteiger partial charge on any atom is -0.477 e. The summed E-state index contributed by atoms with van der Waals surface area (Å²) >= 11 is 0.